The van der Waals surface area contributed by atoms with Gasteiger partial charge in [0.25, 0.3) is 0 Å². The predicted octanol–water partition coefficient (Wildman–Crippen LogP) is 1.47. The van der Waals surface area contributed by atoms with E-state index in [4.69, 9.17) is 4.74 Å². The number of carbonyl (C=O) groups is 2. The first kappa shape index (κ1) is 16.8. The summed E-state index contributed by atoms with van der Waals surface area (Å²) in [6, 6.07) is 6.55. The van der Waals surface area contributed by atoms with Crippen LogP contribution in [-0.2, 0) is 19.4 Å². The van der Waals surface area contributed by atoms with Crippen LogP contribution in [0.2, 0.25) is 0 Å². The van der Waals surface area contributed by atoms with E-state index in [1.54, 1.807) is 24.3 Å². The average Bonchev–Trinajstić information content (AvgIpc) is 3.09. The molecule has 1 saturated heterocycles. The molecule has 136 valence electrons. The molecule has 2 heterocycles. The largest absolute Gasteiger partial charge is 0.442 e. The molecule has 0 bridgehead atoms. The van der Waals surface area contributed by atoms with Gasteiger partial charge < -0.3 is 10.1 Å². The Hall–Kier alpha value is -2.61. The van der Waals surface area contributed by atoms with Gasteiger partial charge in [-0.2, -0.15) is 0 Å². The van der Waals surface area contributed by atoms with E-state index in [0.717, 1.165) is 0 Å². The Labute approximate surface area is 151 Å². The van der Waals surface area contributed by atoms with Gasteiger partial charge in [0.1, 0.15) is 6.10 Å². The molecule has 2 aliphatic heterocycles. The lowest BCUT2D eigenvalue weighted by Crippen LogP contribution is -2.38. The SMILES string of the molecule is CC(=O)NC[C@H]1CN(C2C=CC3=C(C2)S(=O)(=O)c2ccccc23)C(=O)O1. The van der Waals surface area contributed by atoms with Gasteiger partial charge in [-0.3, -0.25) is 9.69 Å². The molecule has 0 saturated carbocycles. The van der Waals surface area contributed by atoms with Crippen LogP contribution in [0.3, 0.4) is 0 Å². The molecule has 0 spiro atoms. The Morgan fingerprint density at radius 3 is 2.88 bits per heavy atom. The third-order valence-electron chi connectivity index (χ3n) is 4.85. The molecule has 1 fully saturated rings. The lowest BCUT2D eigenvalue weighted by molar-refractivity contribution is -0.119. The Morgan fingerprint density at radius 1 is 1.35 bits per heavy atom. The molecule has 1 aromatic carbocycles. The Balaban J connectivity index is 1.55. The molecule has 0 radical (unpaired) electrons. The third kappa shape index (κ3) is 2.61. The number of sulfone groups is 1. The molecule has 7 nitrogen and oxygen atoms in total. The lowest BCUT2D eigenvalue weighted by atomic mass is 9.96. The molecule has 1 aromatic rings. The van der Waals surface area contributed by atoms with E-state index in [1.807, 2.05) is 12.1 Å². The lowest BCUT2D eigenvalue weighted by Gasteiger charge is -2.26. The van der Waals surface area contributed by atoms with Crippen molar-refractivity contribution in [3.05, 3.63) is 46.9 Å². The van der Waals surface area contributed by atoms with Crippen LogP contribution < -0.4 is 5.32 Å². The number of fused-ring (bicyclic) bond motifs is 2. The highest BCUT2D eigenvalue weighted by atomic mass is 32.2. The second kappa shape index (κ2) is 5.98. The molecular weight excluding hydrogens is 356 g/mol. The maximum Gasteiger partial charge on any atom is 0.410 e. The van der Waals surface area contributed by atoms with Gasteiger partial charge in [-0.25, -0.2) is 13.2 Å². The van der Waals surface area contributed by atoms with Crippen molar-refractivity contribution in [1.82, 2.24) is 10.2 Å². The van der Waals surface area contributed by atoms with Crippen molar-refractivity contribution in [1.29, 1.82) is 0 Å². The first-order valence-electron chi connectivity index (χ1n) is 8.35. The summed E-state index contributed by atoms with van der Waals surface area (Å²) in [5, 5.41) is 2.63. The van der Waals surface area contributed by atoms with Crippen molar-refractivity contribution >= 4 is 27.4 Å². The average molecular weight is 374 g/mol. The van der Waals surface area contributed by atoms with Gasteiger partial charge in [0.05, 0.1) is 28.9 Å². The van der Waals surface area contributed by atoms with Gasteiger partial charge in [-0.05, 0) is 11.6 Å². The monoisotopic (exact) mass is 374 g/mol. The van der Waals surface area contributed by atoms with E-state index >= 15 is 0 Å². The standard InChI is InChI=1S/C18H18N2O5S/c1-11(21)19-9-13-10-20(18(22)25-13)12-6-7-15-14-4-2-3-5-16(14)26(23,24)17(15)8-12/h2-7,12-13H,8-10H2,1H3,(H,19,21)/t12?,13-/m0/s1. The minimum absolute atomic E-state index is 0.193. The molecule has 1 N–H and O–H groups in total. The van der Waals surface area contributed by atoms with Crippen LogP contribution in [0.25, 0.3) is 5.57 Å². The number of nitrogens with one attached hydrogen (secondary N) is 1. The molecule has 2 atom stereocenters. The Bertz CT molecular complexity index is 964. The van der Waals surface area contributed by atoms with Crippen LogP contribution in [0.1, 0.15) is 18.9 Å². The number of cyclic esters (lactones) is 1. The highest BCUT2D eigenvalue weighted by Gasteiger charge is 2.41. The van der Waals surface area contributed by atoms with Crippen LogP contribution in [0.15, 0.2) is 46.2 Å². The van der Waals surface area contributed by atoms with E-state index < -0.39 is 22.0 Å². The van der Waals surface area contributed by atoms with E-state index in [0.29, 0.717) is 27.5 Å². The molecule has 1 unspecified atom stereocenters. The quantitative estimate of drug-likeness (QED) is 0.865. The number of amides is 2. The smallest absolute Gasteiger partial charge is 0.410 e. The van der Waals surface area contributed by atoms with E-state index in [1.165, 1.54) is 11.8 Å². The van der Waals surface area contributed by atoms with Crippen molar-refractivity contribution in [3.63, 3.8) is 0 Å². The minimum Gasteiger partial charge on any atom is -0.442 e. The van der Waals surface area contributed by atoms with Crippen molar-refractivity contribution < 1.29 is 22.7 Å². The summed E-state index contributed by atoms with van der Waals surface area (Å²) in [6.45, 7) is 1.95. The molecule has 4 rings (SSSR count). The first-order chi connectivity index (χ1) is 12.4. The summed E-state index contributed by atoms with van der Waals surface area (Å²) >= 11 is 0. The van der Waals surface area contributed by atoms with Crippen LogP contribution >= 0.6 is 0 Å². The summed E-state index contributed by atoms with van der Waals surface area (Å²) in [5.74, 6) is -0.193. The number of nitrogens with zero attached hydrogens (tertiary/aromatic N) is 1. The summed E-state index contributed by atoms with van der Waals surface area (Å²) < 4.78 is 30.9. The zero-order chi connectivity index (χ0) is 18.5. The maximum atomic E-state index is 12.8. The number of ether oxygens (including phenoxy) is 1. The molecular formula is C18H18N2O5S. The van der Waals surface area contributed by atoms with E-state index in [9.17, 15) is 18.0 Å². The van der Waals surface area contributed by atoms with Crippen LogP contribution in [0.4, 0.5) is 4.79 Å². The number of hydrogen-bond acceptors (Lipinski definition) is 5. The molecule has 26 heavy (non-hydrogen) atoms. The maximum absolute atomic E-state index is 12.8. The molecule has 8 heteroatoms. The first-order valence-corrected chi connectivity index (χ1v) is 9.84. The zero-order valence-electron chi connectivity index (χ0n) is 14.1. The van der Waals surface area contributed by atoms with Crippen molar-refractivity contribution in [2.75, 3.05) is 13.1 Å². The normalized spacial score (nSPS) is 25.7. The van der Waals surface area contributed by atoms with Crippen molar-refractivity contribution in [2.24, 2.45) is 0 Å². The molecule has 0 aromatic heterocycles. The van der Waals surface area contributed by atoms with Gasteiger partial charge in [0.15, 0.2) is 0 Å². The highest BCUT2D eigenvalue weighted by molar-refractivity contribution is 7.96. The van der Waals surface area contributed by atoms with Crippen LogP contribution in [-0.4, -0.2) is 50.6 Å². The topological polar surface area (TPSA) is 92.8 Å². The second-order valence-corrected chi connectivity index (χ2v) is 8.50. The molecule has 3 aliphatic rings. The number of carbonyl (C=O) groups excluding carboxylic acids is 2. The van der Waals surface area contributed by atoms with E-state index in [-0.39, 0.29) is 24.9 Å². The highest BCUT2D eigenvalue weighted by Crippen LogP contribution is 2.44. The summed E-state index contributed by atoms with van der Waals surface area (Å²) in [4.78, 5) is 25.4. The summed E-state index contributed by atoms with van der Waals surface area (Å²) in [6.07, 6.45) is 2.92. The Kier molecular flexibility index (Phi) is 3.87. The van der Waals surface area contributed by atoms with Gasteiger partial charge in [0.2, 0.25) is 15.7 Å². The van der Waals surface area contributed by atoms with Crippen molar-refractivity contribution in [2.45, 2.75) is 30.4 Å². The Morgan fingerprint density at radius 2 is 2.12 bits per heavy atom. The van der Waals surface area contributed by atoms with Gasteiger partial charge >= 0.3 is 6.09 Å². The minimum atomic E-state index is -3.53. The predicted molar refractivity (Wildman–Crippen MR) is 93.8 cm³/mol. The van der Waals surface area contributed by atoms with Gasteiger partial charge in [0, 0.05) is 18.9 Å². The number of hydrogen-bond donors (Lipinski definition) is 1. The second-order valence-electron chi connectivity index (χ2n) is 6.56. The molecule has 2 amide bonds. The summed E-state index contributed by atoms with van der Waals surface area (Å²) in [5.41, 5.74) is 1.42. The number of benzene rings is 1. The fourth-order valence-electron chi connectivity index (χ4n) is 3.61. The number of rotatable bonds is 3. The van der Waals surface area contributed by atoms with Gasteiger partial charge in [-0.1, -0.05) is 30.4 Å². The fourth-order valence-corrected chi connectivity index (χ4v) is 5.46. The van der Waals surface area contributed by atoms with Crippen molar-refractivity contribution in [3.8, 4) is 0 Å². The van der Waals surface area contributed by atoms with E-state index in [2.05, 4.69) is 5.32 Å². The fraction of sp³-hybridized carbons (Fsp3) is 0.333. The van der Waals surface area contributed by atoms with Crippen LogP contribution in [0, 0.1) is 0 Å². The zero-order valence-corrected chi connectivity index (χ0v) is 15.0. The van der Waals surface area contributed by atoms with Gasteiger partial charge in [-0.15, -0.1) is 0 Å². The summed E-state index contributed by atoms with van der Waals surface area (Å²) in [7, 11) is -3.53. The van der Waals surface area contributed by atoms with Crippen LogP contribution in [0.5, 0.6) is 0 Å². The molecule has 1 aliphatic carbocycles. The third-order valence-corrected chi connectivity index (χ3v) is 6.82. The number of allylic oxidation sites excluding steroid dienone is 2.